The lowest BCUT2D eigenvalue weighted by Crippen LogP contribution is -2.12. The van der Waals surface area contributed by atoms with Crippen molar-refractivity contribution in [3.05, 3.63) is 56.5 Å². The number of rotatable bonds is 7. The Morgan fingerprint density at radius 2 is 1.74 bits per heavy atom. The first-order chi connectivity index (χ1) is 11.0. The van der Waals surface area contributed by atoms with Gasteiger partial charge < -0.3 is 14.8 Å². The highest BCUT2D eigenvalue weighted by Gasteiger charge is 2.11. The normalized spacial score (nSPS) is 10.7. The van der Waals surface area contributed by atoms with E-state index in [0.29, 0.717) is 39.7 Å². The minimum atomic E-state index is 0.343. The topological polar surface area (TPSA) is 30.5 Å². The third kappa shape index (κ3) is 4.92. The fourth-order valence-electron chi connectivity index (χ4n) is 2.04. The molecule has 0 spiro atoms. The summed E-state index contributed by atoms with van der Waals surface area (Å²) in [5.41, 5.74) is 1.88. The van der Waals surface area contributed by atoms with Crippen molar-refractivity contribution in [2.75, 3.05) is 13.7 Å². The zero-order valence-electron chi connectivity index (χ0n) is 13.0. The summed E-state index contributed by atoms with van der Waals surface area (Å²) in [6.45, 7) is 3.93. The van der Waals surface area contributed by atoms with E-state index in [4.69, 9.17) is 44.3 Å². The summed E-state index contributed by atoms with van der Waals surface area (Å²) in [5, 5.41) is 4.89. The van der Waals surface area contributed by atoms with Crippen LogP contribution in [0.5, 0.6) is 11.5 Å². The molecule has 0 amide bonds. The van der Waals surface area contributed by atoms with E-state index < -0.39 is 0 Å². The summed E-state index contributed by atoms with van der Waals surface area (Å²) in [7, 11) is 1.60. The van der Waals surface area contributed by atoms with Gasteiger partial charge in [-0.1, -0.05) is 47.8 Å². The van der Waals surface area contributed by atoms with E-state index in [9.17, 15) is 0 Å². The number of hydrogen-bond acceptors (Lipinski definition) is 3. The van der Waals surface area contributed by atoms with E-state index in [1.54, 1.807) is 25.3 Å². The standard InChI is InChI=1S/C17H18Cl3NO2/c1-3-21-9-12-7-16(22-2)17(8-14(12)19)23-10-11-4-5-13(18)15(20)6-11/h4-8,21H,3,9-10H2,1-2H3. The molecule has 0 aliphatic heterocycles. The van der Waals surface area contributed by atoms with Crippen LogP contribution in [0.4, 0.5) is 0 Å². The van der Waals surface area contributed by atoms with Crippen LogP contribution in [0.2, 0.25) is 15.1 Å². The van der Waals surface area contributed by atoms with Gasteiger partial charge >= 0.3 is 0 Å². The third-order valence-electron chi connectivity index (χ3n) is 3.28. The van der Waals surface area contributed by atoms with Gasteiger partial charge in [-0.25, -0.2) is 0 Å². The second kappa shape index (κ2) is 8.65. The third-order valence-corrected chi connectivity index (χ3v) is 4.37. The molecule has 3 nitrogen and oxygen atoms in total. The summed E-state index contributed by atoms with van der Waals surface area (Å²) in [6, 6.07) is 9.03. The molecule has 0 aliphatic carbocycles. The molecule has 6 heteroatoms. The van der Waals surface area contributed by atoms with Gasteiger partial charge in [0.1, 0.15) is 6.61 Å². The Hall–Kier alpha value is -1.13. The molecule has 1 N–H and O–H groups in total. The molecule has 0 saturated heterocycles. The van der Waals surface area contributed by atoms with E-state index in [1.165, 1.54) is 0 Å². The predicted molar refractivity (Wildman–Crippen MR) is 96.2 cm³/mol. The minimum Gasteiger partial charge on any atom is -0.493 e. The molecule has 0 bridgehead atoms. The number of ether oxygens (including phenoxy) is 2. The Bertz CT molecular complexity index is 677. The zero-order valence-corrected chi connectivity index (χ0v) is 15.2. The van der Waals surface area contributed by atoms with Crippen LogP contribution in [0.15, 0.2) is 30.3 Å². The summed E-state index contributed by atoms with van der Waals surface area (Å²) >= 11 is 18.2. The smallest absolute Gasteiger partial charge is 0.163 e. The maximum Gasteiger partial charge on any atom is 0.163 e. The van der Waals surface area contributed by atoms with Crippen LogP contribution < -0.4 is 14.8 Å². The summed E-state index contributed by atoms with van der Waals surface area (Å²) in [6.07, 6.45) is 0. The molecule has 124 valence electrons. The van der Waals surface area contributed by atoms with Gasteiger partial charge in [0.15, 0.2) is 11.5 Å². The van der Waals surface area contributed by atoms with Crippen molar-refractivity contribution in [1.82, 2.24) is 5.32 Å². The lowest BCUT2D eigenvalue weighted by Gasteiger charge is -2.14. The summed E-state index contributed by atoms with van der Waals surface area (Å²) in [5.74, 6) is 1.23. The average Bonchev–Trinajstić information content (AvgIpc) is 2.55. The Morgan fingerprint density at radius 1 is 0.957 bits per heavy atom. The van der Waals surface area contributed by atoms with Crippen molar-refractivity contribution in [2.45, 2.75) is 20.1 Å². The molecule has 0 fully saturated rings. The molecule has 23 heavy (non-hydrogen) atoms. The minimum absolute atomic E-state index is 0.343. The van der Waals surface area contributed by atoms with Crippen LogP contribution in [0.25, 0.3) is 0 Å². The molecule has 2 aromatic carbocycles. The van der Waals surface area contributed by atoms with Gasteiger partial charge in [-0.15, -0.1) is 0 Å². The Kier molecular flexibility index (Phi) is 6.85. The quantitative estimate of drug-likeness (QED) is 0.709. The lowest BCUT2D eigenvalue weighted by atomic mass is 10.2. The second-order valence-electron chi connectivity index (χ2n) is 4.91. The molecular formula is C17H18Cl3NO2. The number of methoxy groups -OCH3 is 1. The largest absolute Gasteiger partial charge is 0.493 e. The summed E-state index contributed by atoms with van der Waals surface area (Å²) < 4.78 is 11.2. The number of halogens is 3. The molecule has 0 saturated carbocycles. The van der Waals surface area contributed by atoms with E-state index in [1.807, 2.05) is 19.1 Å². The van der Waals surface area contributed by atoms with E-state index >= 15 is 0 Å². The van der Waals surface area contributed by atoms with Gasteiger partial charge in [0.25, 0.3) is 0 Å². The van der Waals surface area contributed by atoms with Gasteiger partial charge in [-0.3, -0.25) is 0 Å². The molecule has 0 unspecified atom stereocenters. The van der Waals surface area contributed by atoms with Crippen LogP contribution in [0, 0.1) is 0 Å². The van der Waals surface area contributed by atoms with Gasteiger partial charge in [0.2, 0.25) is 0 Å². The monoisotopic (exact) mass is 373 g/mol. The van der Waals surface area contributed by atoms with Crippen molar-refractivity contribution in [1.29, 1.82) is 0 Å². The van der Waals surface area contributed by atoms with E-state index in [2.05, 4.69) is 5.32 Å². The molecule has 0 aliphatic rings. The fraction of sp³-hybridized carbons (Fsp3) is 0.294. The molecular weight excluding hydrogens is 357 g/mol. The van der Waals surface area contributed by atoms with Gasteiger partial charge in [-0.05, 0) is 35.9 Å². The van der Waals surface area contributed by atoms with Crippen LogP contribution in [-0.4, -0.2) is 13.7 Å². The summed E-state index contributed by atoms with van der Waals surface area (Å²) in [4.78, 5) is 0. The highest BCUT2D eigenvalue weighted by atomic mass is 35.5. The van der Waals surface area contributed by atoms with E-state index in [0.717, 1.165) is 17.7 Å². The first-order valence-electron chi connectivity index (χ1n) is 7.19. The highest BCUT2D eigenvalue weighted by Crippen LogP contribution is 2.34. The van der Waals surface area contributed by atoms with Crippen molar-refractivity contribution >= 4 is 34.8 Å². The predicted octanol–water partition coefficient (Wildman–Crippen LogP) is 5.34. The zero-order chi connectivity index (χ0) is 16.8. The molecule has 0 radical (unpaired) electrons. The lowest BCUT2D eigenvalue weighted by molar-refractivity contribution is 0.284. The van der Waals surface area contributed by atoms with Crippen LogP contribution in [-0.2, 0) is 13.2 Å². The average molecular weight is 375 g/mol. The van der Waals surface area contributed by atoms with Crippen LogP contribution >= 0.6 is 34.8 Å². The van der Waals surface area contributed by atoms with Crippen LogP contribution in [0.3, 0.4) is 0 Å². The maximum absolute atomic E-state index is 6.31. The van der Waals surface area contributed by atoms with Gasteiger partial charge in [0.05, 0.1) is 17.2 Å². The number of nitrogens with one attached hydrogen (secondary N) is 1. The molecule has 2 rings (SSSR count). The fourth-order valence-corrected chi connectivity index (χ4v) is 2.58. The van der Waals surface area contributed by atoms with Crippen molar-refractivity contribution < 1.29 is 9.47 Å². The SMILES string of the molecule is CCNCc1cc(OC)c(OCc2ccc(Cl)c(Cl)c2)cc1Cl. The Morgan fingerprint density at radius 3 is 2.39 bits per heavy atom. The first-order valence-corrected chi connectivity index (χ1v) is 8.32. The van der Waals surface area contributed by atoms with Crippen LogP contribution in [0.1, 0.15) is 18.1 Å². The van der Waals surface area contributed by atoms with Crippen molar-refractivity contribution in [3.63, 3.8) is 0 Å². The molecule has 2 aromatic rings. The van der Waals surface area contributed by atoms with E-state index in [-0.39, 0.29) is 0 Å². The van der Waals surface area contributed by atoms with Gasteiger partial charge in [-0.2, -0.15) is 0 Å². The molecule has 0 aromatic heterocycles. The number of hydrogen-bond donors (Lipinski definition) is 1. The van der Waals surface area contributed by atoms with Crippen molar-refractivity contribution in [2.24, 2.45) is 0 Å². The highest BCUT2D eigenvalue weighted by molar-refractivity contribution is 6.42. The number of benzene rings is 2. The second-order valence-corrected chi connectivity index (χ2v) is 6.13. The Labute approximate surface area is 151 Å². The Balaban J connectivity index is 2.15. The molecule has 0 atom stereocenters. The maximum atomic E-state index is 6.31. The van der Waals surface area contributed by atoms with Gasteiger partial charge in [0, 0.05) is 17.6 Å². The van der Waals surface area contributed by atoms with Crippen molar-refractivity contribution in [3.8, 4) is 11.5 Å². The first kappa shape index (κ1) is 18.2. The molecule has 0 heterocycles.